The summed E-state index contributed by atoms with van der Waals surface area (Å²) in [5, 5.41) is 18.6. The molecule has 0 atom stereocenters. The van der Waals surface area contributed by atoms with Gasteiger partial charge in [0.1, 0.15) is 11.6 Å². The molecule has 1 fully saturated rings. The Labute approximate surface area is 223 Å². The molecule has 0 bridgehead atoms. The van der Waals surface area contributed by atoms with E-state index in [1.807, 2.05) is 19.1 Å². The van der Waals surface area contributed by atoms with Crippen molar-refractivity contribution in [2.45, 2.75) is 59.1 Å². The van der Waals surface area contributed by atoms with Gasteiger partial charge in [0.15, 0.2) is 23.1 Å². The Morgan fingerprint density at radius 3 is 2.42 bits per heavy atom. The fourth-order valence-corrected chi connectivity index (χ4v) is 5.21. The van der Waals surface area contributed by atoms with Gasteiger partial charge in [-0.25, -0.2) is 4.39 Å². The number of ether oxygens (including phenoxy) is 3. The van der Waals surface area contributed by atoms with Gasteiger partial charge >= 0.3 is 0 Å². The van der Waals surface area contributed by atoms with Crippen LogP contribution in [0, 0.1) is 11.2 Å². The summed E-state index contributed by atoms with van der Waals surface area (Å²) in [6, 6.07) is 5.42. The molecule has 0 unspecified atom stereocenters. The number of nitrogens with zero attached hydrogens (tertiary/aromatic N) is 2. The molecule has 0 aliphatic carbocycles. The lowest BCUT2D eigenvalue weighted by Crippen LogP contribution is -2.36. The number of anilines is 1. The minimum absolute atomic E-state index is 0.000882. The molecule has 2 aromatic carbocycles. The number of hydrogen-bond donors (Lipinski definition) is 2. The monoisotopic (exact) mass is 527 g/mol. The molecular weight excluding hydrogens is 489 g/mol. The van der Waals surface area contributed by atoms with Gasteiger partial charge < -0.3 is 29.1 Å². The van der Waals surface area contributed by atoms with Gasteiger partial charge in [-0.2, -0.15) is 0 Å². The number of fused-ring (bicyclic) bond motifs is 1. The van der Waals surface area contributed by atoms with E-state index in [2.05, 4.69) is 18.7 Å². The van der Waals surface area contributed by atoms with Crippen LogP contribution in [0.25, 0.3) is 0 Å². The predicted octanol–water partition coefficient (Wildman–Crippen LogP) is 4.74. The minimum atomic E-state index is -0.631. The quantitative estimate of drug-likeness (QED) is 0.431. The van der Waals surface area contributed by atoms with Crippen molar-refractivity contribution in [2.24, 2.45) is 0 Å². The zero-order valence-corrected chi connectivity index (χ0v) is 22.9. The first-order chi connectivity index (χ1) is 18.2. The second kappa shape index (κ2) is 11.6. The number of carbonyl (C=O) groups is 1. The van der Waals surface area contributed by atoms with Gasteiger partial charge in [0.2, 0.25) is 0 Å². The summed E-state index contributed by atoms with van der Waals surface area (Å²) in [6.45, 7) is 9.80. The fraction of sp³-hybridized carbons (Fsp3) is 0.517. The summed E-state index contributed by atoms with van der Waals surface area (Å²) in [5.74, 6) is 0.318. The van der Waals surface area contributed by atoms with Crippen molar-refractivity contribution in [2.75, 3.05) is 44.9 Å². The third-order valence-electron chi connectivity index (χ3n) is 7.16. The first-order valence-corrected chi connectivity index (χ1v) is 13.3. The van der Waals surface area contributed by atoms with Crippen molar-refractivity contribution in [3.05, 3.63) is 46.3 Å². The molecule has 2 aromatic rings. The summed E-state index contributed by atoms with van der Waals surface area (Å²) in [4.78, 5) is 17.3. The van der Waals surface area contributed by atoms with Crippen molar-refractivity contribution in [3.63, 3.8) is 0 Å². The molecule has 0 aromatic heterocycles. The van der Waals surface area contributed by atoms with Crippen LogP contribution in [-0.4, -0.2) is 67.7 Å². The van der Waals surface area contributed by atoms with Crippen LogP contribution in [0.1, 0.15) is 73.5 Å². The number of benzene rings is 2. The summed E-state index contributed by atoms with van der Waals surface area (Å²) < 4.78 is 32.3. The molecule has 38 heavy (non-hydrogen) atoms. The lowest BCUT2D eigenvalue weighted by Gasteiger charge is -2.33. The zero-order valence-electron chi connectivity index (χ0n) is 22.9. The summed E-state index contributed by atoms with van der Waals surface area (Å²) in [7, 11) is 1.63. The third-order valence-corrected chi connectivity index (χ3v) is 7.16. The van der Waals surface area contributed by atoms with Crippen molar-refractivity contribution in [1.82, 2.24) is 4.90 Å². The van der Waals surface area contributed by atoms with Crippen molar-refractivity contribution >= 4 is 17.3 Å². The Bertz CT molecular complexity index is 1210. The zero-order chi connectivity index (χ0) is 27.6. The van der Waals surface area contributed by atoms with Crippen LogP contribution in [0.3, 0.4) is 0 Å². The van der Waals surface area contributed by atoms with Crippen molar-refractivity contribution in [1.29, 1.82) is 5.41 Å². The Morgan fingerprint density at radius 2 is 1.82 bits per heavy atom. The molecule has 1 saturated heterocycles. The van der Waals surface area contributed by atoms with Crippen LogP contribution in [0.15, 0.2) is 18.2 Å². The summed E-state index contributed by atoms with van der Waals surface area (Å²) in [5.41, 5.74) is 3.02. The van der Waals surface area contributed by atoms with Gasteiger partial charge in [-0.3, -0.25) is 10.2 Å². The molecule has 0 spiro atoms. The first kappa shape index (κ1) is 27.7. The number of carbonyl (C=O) groups excluding carboxylic acids is 1. The molecule has 9 heteroatoms. The number of nitrogens with one attached hydrogen (secondary N) is 1. The van der Waals surface area contributed by atoms with Crippen LogP contribution < -0.4 is 19.1 Å². The molecule has 2 aliphatic rings. The summed E-state index contributed by atoms with van der Waals surface area (Å²) in [6.07, 6.45) is 0.988. The smallest absolute Gasteiger partial charge is 0.197 e. The van der Waals surface area contributed by atoms with Crippen molar-refractivity contribution in [3.8, 4) is 17.2 Å². The number of aliphatic hydroxyl groups is 1. The maximum atomic E-state index is 15.4. The number of Topliss-reactive ketones (excluding diaryl/α,β-unsaturated/α-hetero) is 1. The Kier molecular flexibility index (Phi) is 8.45. The third kappa shape index (κ3) is 5.29. The molecule has 4 rings (SSSR count). The lowest BCUT2D eigenvalue weighted by molar-refractivity contribution is 0.0962. The second-order valence-corrected chi connectivity index (χ2v) is 10.0. The van der Waals surface area contributed by atoms with Crippen LogP contribution >= 0.6 is 0 Å². The van der Waals surface area contributed by atoms with Crippen LogP contribution in [0.4, 0.5) is 10.1 Å². The lowest BCUT2D eigenvalue weighted by atomic mass is 9.95. The fourth-order valence-electron chi connectivity index (χ4n) is 5.21. The maximum absolute atomic E-state index is 15.4. The number of hydrogen-bond acceptors (Lipinski definition) is 7. The van der Waals surface area contributed by atoms with E-state index in [0.29, 0.717) is 49.4 Å². The van der Waals surface area contributed by atoms with Gasteiger partial charge in [0, 0.05) is 25.2 Å². The standard InChI is InChI=1S/C29H38FN3O5/c1-6-37-24-14-19-15-33(29(31)25(19)26(30)28(24)38-7-2)16-23(35)18-12-21(17(3)4)27(36-5)22(13-18)32-10-8-20(34)9-11-32/h12-14,17,20,31,34H,6-11,15-16H2,1-5H3. The Hall–Kier alpha value is -3.33. The van der Waals surface area contributed by atoms with Crippen LogP contribution in [-0.2, 0) is 6.54 Å². The summed E-state index contributed by atoms with van der Waals surface area (Å²) >= 11 is 0. The SMILES string of the molecule is CCOc1cc2c(c(F)c1OCC)C(=N)N(CC(=O)c1cc(C(C)C)c(OC)c(N3CCC(O)CC3)c1)C2. The number of rotatable bonds is 10. The van der Waals surface area contributed by atoms with E-state index >= 15 is 4.39 Å². The molecule has 8 nitrogen and oxygen atoms in total. The highest BCUT2D eigenvalue weighted by molar-refractivity contribution is 6.06. The molecular formula is C29H38FN3O5. The van der Waals surface area contributed by atoms with Crippen LogP contribution in [0.2, 0.25) is 0 Å². The van der Waals surface area contributed by atoms with Crippen molar-refractivity contribution < 1.29 is 28.5 Å². The predicted molar refractivity (Wildman–Crippen MR) is 145 cm³/mol. The number of aliphatic hydroxyl groups excluding tert-OH is 1. The largest absolute Gasteiger partial charge is 0.494 e. The Balaban J connectivity index is 1.64. The van der Waals surface area contributed by atoms with Gasteiger partial charge in [0.05, 0.1) is 44.2 Å². The number of amidine groups is 1. The second-order valence-electron chi connectivity index (χ2n) is 10.0. The highest BCUT2D eigenvalue weighted by Gasteiger charge is 2.33. The molecule has 2 aliphatic heterocycles. The average molecular weight is 528 g/mol. The van der Waals surface area contributed by atoms with Gasteiger partial charge in [-0.1, -0.05) is 13.8 Å². The molecule has 0 saturated carbocycles. The number of piperidine rings is 1. The van der Waals surface area contributed by atoms with E-state index in [4.69, 9.17) is 19.6 Å². The van der Waals surface area contributed by atoms with Gasteiger partial charge in [-0.15, -0.1) is 0 Å². The number of ketones is 1. The number of halogens is 1. The first-order valence-electron chi connectivity index (χ1n) is 13.3. The minimum Gasteiger partial charge on any atom is -0.494 e. The van der Waals surface area contributed by atoms with E-state index in [9.17, 15) is 9.90 Å². The molecule has 0 amide bonds. The molecule has 2 heterocycles. The van der Waals surface area contributed by atoms with E-state index in [-0.39, 0.29) is 54.7 Å². The highest BCUT2D eigenvalue weighted by Crippen LogP contribution is 2.41. The van der Waals surface area contributed by atoms with Crippen LogP contribution in [0.5, 0.6) is 17.2 Å². The topological polar surface area (TPSA) is 95.3 Å². The highest BCUT2D eigenvalue weighted by atomic mass is 19.1. The van der Waals surface area contributed by atoms with E-state index in [0.717, 1.165) is 17.0 Å². The molecule has 2 N–H and O–H groups in total. The van der Waals surface area contributed by atoms with E-state index < -0.39 is 5.82 Å². The molecule has 206 valence electrons. The average Bonchev–Trinajstić information content (AvgIpc) is 3.20. The van der Waals surface area contributed by atoms with Gasteiger partial charge in [-0.05, 0) is 61.9 Å². The molecule has 0 radical (unpaired) electrons. The Morgan fingerprint density at radius 1 is 1.13 bits per heavy atom. The van der Waals surface area contributed by atoms with E-state index in [1.54, 1.807) is 25.0 Å². The van der Waals surface area contributed by atoms with Gasteiger partial charge in [0.25, 0.3) is 0 Å². The maximum Gasteiger partial charge on any atom is 0.197 e. The normalized spacial score (nSPS) is 15.7. The number of methoxy groups -OCH3 is 1. The van der Waals surface area contributed by atoms with E-state index in [1.165, 1.54) is 0 Å².